The smallest absolute Gasteiger partial charge is 0.294 e. The number of nitrogens with zero attached hydrogens (tertiary/aromatic N) is 3. The van der Waals surface area contributed by atoms with Gasteiger partial charge in [0.05, 0.1) is 40.0 Å². The second-order valence-electron chi connectivity index (χ2n) is 8.99. The molecule has 11 heteroatoms. The maximum absolute atomic E-state index is 6.27. The molecule has 0 radical (unpaired) electrons. The van der Waals surface area contributed by atoms with Crippen LogP contribution in [0.1, 0.15) is 11.1 Å². The lowest BCUT2D eigenvalue weighted by Crippen LogP contribution is -2.00. The third kappa shape index (κ3) is 5.44. The number of imidazole rings is 1. The summed E-state index contributed by atoms with van der Waals surface area (Å²) >= 11 is 1.35. The van der Waals surface area contributed by atoms with Crippen molar-refractivity contribution >= 4 is 27.3 Å². The minimum atomic E-state index is 0.320. The minimum absolute atomic E-state index is 0.320. The van der Waals surface area contributed by atoms with Crippen molar-refractivity contribution in [1.82, 2.24) is 14.6 Å². The van der Waals surface area contributed by atoms with Crippen LogP contribution in [0.5, 0.6) is 33.9 Å². The quantitative estimate of drug-likeness (QED) is 0.174. The van der Waals surface area contributed by atoms with Crippen molar-refractivity contribution in [3.05, 3.63) is 78.0 Å². The summed E-state index contributed by atoms with van der Waals surface area (Å²) in [5, 5.41) is 5.68. The van der Waals surface area contributed by atoms with Gasteiger partial charge in [0, 0.05) is 12.1 Å². The van der Waals surface area contributed by atoms with Crippen molar-refractivity contribution in [1.29, 1.82) is 0 Å². The van der Waals surface area contributed by atoms with Gasteiger partial charge in [-0.25, -0.2) is 9.50 Å². The third-order valence-corrected chi connectivity index (χ3v) is 7.29. The number of ether oxygens (including phenoxy) is 6. The average Bonchev–Trinajstić information content (AvgIpc) is 3.72. The Morgan fingerprint density at radius 2 is 1.59 bits per heavy atom. The molecule has 0 atom stereocenters. The highest BCUT2D eigenvalue weighted by molar-refractivity contribution is 7.18. The van der Waals surface area contributed by atoms with Gasteiger partial charge < -0.3 is 32.8 Å². The second kappa shape index (κ2) is 11.3. The molecule has 0 saturated carbocycles. The Bertz CT molecular complexity index is 1790. The molecule has 0 aliphatic heterocycles. The Morgan fingerprint density at radius 1 is 0.756 bits per heavy atom. The number of fused-ring (bicyclic) bond motifs is 2. The van der Waals surface area contributed by atoms with Gasteiger partial charge in [-0.05, 0) is 52.8 Å². The number of rotatable bonds is 11. The second-order valence-corrected chi connectivity index (χ2v) is 9.91. The first-order valence-corrected chi connectivity index (χ1v) is 13.5. The third-order valence-electron chi connectivity index (χ3n) is 6.41. The van der Waals surface area contributed by atoms with Crippen LogP contribution in [0.25, 0.3) is 27.4 Å². The number of furan rings is 1. The molecule has 0 aliphatic rings. The predicted octanol–water partition coefficient (Wildman–Crippen LogP) is 6.40. The zero-order valence-corrected chi connectivity index (χ0v) is 23.7. The fourth-order valence-corrected chi connectivity index (χ4v) is 5.05. The molecule has 0 unspecified atom stereocenters. The molecule has 0 fully saturated rings. The molecular weight excluding hydrogens is 546 g/mol. The molecule has 3 heterocycles. The highest BCUT2D eigenvalue weighted by Gasteiger charge is 2.17. The lowest BCUT2D eigenvalue weighted by molar-refractivity contribution is 0.295. The normalized spacial score (nSPS) is 11.1. The molecule has 0 aliphatic carbocycles. The Morgan fingerprint density at radius 3 is 2.37 bits per heavy atom. The van der Waals surface area contributed by atoms with Crippen molar-refractivity contribution in [2.24, 2.45) is 0 Å². The van der Waals surface area contributed by atoms with Crippen LogP contribution in [0.4, 0.5) is 0 Å². The maximum Gasteiger partial charge on any atom is 0.294 e. The number of methoxy groups -OCH3 is 4. The van der Waals surface area contributed by atoms with Gasteiger partial charge in [-0.1, -0.05) is 18.2 Å². The van der Waals surface area contributed by atoms with Crippen LogP contribution in [-0.2, 0) is 13.2 Å². The fraction of sp³-hybridized carbons (Fsp3) is 0.200. The van der Waals surface area contributed by atoms with Crippen molar-refractivity contribution in [2.45, 2.75) is 13.2 Å². The van der Waals surface area contributed by atoms with Crippen LogP contribution in [0, 0.1) is 0 Å². The summed E-state index contributed by atoms with van der Waals surface area (Å²) in [7, 11) is 6.41. The van der Waals surface area contributed by atoms with Gasteiger partial charge in [-0.2, -0.15) is 0 Å². The van der Waals surface area contributed by atoms with E-state index >= 15 is 0 Å². The maximum atomic E-state index is 6.27. The van der Waals surface area contributed by atoms with Crippen LogP contribution in [0.2, 0.25) is 0 Å². The number of aromatic nitrogens is 3. The van der Waals surface area contributed by atoms with Gasteiger partial charge in [0.2, 0.25) is 4.96 Å². The van der Waals surface area contributed by atoms with Crippen molar-refractivity contribution < 1.29 is 32.8 Å². The largest absolute Gasteiger partial charge is 0.496 e. The summed E-state index contributed by atoms with van der Waals surface area (Å²) < 4.78 is 41.5. The highest BCUT2D eigenvalue weighted by Crippen LogP contribution is 2.38. The van der Waals surface area contributed by atoms with Crippen molar-refractivity contribution in [2.75, 3.05) is 28.4 Å². The summed E-state index contributed by atoms with van der Waals surface area (Å²) in [5.74, 6) is 3.92. The Hall–Kier alpha value is -4.90. The van der Waals surface area contributed by atoms with Crippen LogP contribution in [-0.4, -0.2) is 43.0 Å². The Balaban J connectivity index is 1.19. The van der Waals surface area contributed by atoms with E-state index in [0.717, 1.165) is 22.3 Å². The Kier molecular flexibility index (Phi) is 7.26. The SMILES string of the molecule is COc1cc(OCc2cccc(OCc3ccc(OC)c(OC)c3)c2)c2cc(-c3cn4nc(OC)sc4n3)oc2c1. The van der Waals surface area contributed by atoms with Gasteiger partial charge in [0.15, 0.2) is 17.3 Å². The van der Waals surface area contributed by atoms with Crippen LogP contribution in [0.15, 0.2) is 71.3 Å². The van der Waals surface area contributed by atoms with E-state index in [2.05, 4.69) is 10.1 Å². The van der Waals surface area contributed by atoms with Gasteiger partial charge in [-0.3, -0.25) is 0 Å². The summed E-state index contributed by atoms with van der Waals surface area (Å²) in [6.45, 7) is 0.702. The number of hydrogen-bond donors (Lipinski definition) is 0. The van der Waals surface area contributed by atoms with Gasteiger partial charge >= 0.3 is 0 Å². The molecule has 0 spiro atoms. The molecule has 6 rings (SSSR count). The standard InChI is InChI=1S/C30H27N3O7S/c1-34-21-12-25(22-14-27(40-26(22)13-21)23-15-33-29(31-23)41-30(32-33)37-4)39-17-18-6-5-7-20(10-18)38-16-19-8-9-24(35-2)28(11-19)36-3/h5-15H,16-17H2,1-4H3. The van der Waals surface area contributed by atoms with E-state index in [1.54, 1.807) is 39.2 Å². The topological polar surface area (TPSA) is 98.7 Å². The molecule has 0 amide bonds. The van der Waals surface area contributed by atoms with Crippen LogP contribution in [0.3, 0.4) is 0 Å². The van der Waals surface area contributed by atoms with Gasteiger partial charge in [0.25, 0.3) is 5.19 Å². The Labute approximate surface area is 239 Å². The van der Waals surface area contributed by atoms with E-state index in [9.17, 15) is 0 Å². The van der Waals surface area contributed by atoms with Crippen molar-refractivity contribution in [3.8, 4) is 45.4 Å². The summed E-state index contributed by atoms with van der Waals surface area (Å²) in [4.78, 5) is 5.33. The molecule has 41 heavy (non-hydrogen) atoms. The molecule has 0 bridgehead atoms. The van der Waals surface area contributed by atoms with E-state index in [0.29, 0.717) is 63.4 Å². The van der Waals surface area contributed by atoms with Gasteiger partial charge in [-0.15, -0.1) is 5.10 Å². The average molecular weight is 574 g/mol. The predicted molar refractivity (Wildman–Crippen MR) is 154 cm³/mol. The number of hydrogen-bond acceptors (Lipinski definition) is 10. The molecule has 0 saturated heterocycles. The molecule has 0 N–H and O–H groups in total. The lowest BCUT2D eigenvalue weighted by Gasteiger charge is -2.12. The van der Waals surface area contributed by atoms with Gasteiger partial charge in [0.1, 0.15) is 41.7 Å². The van der Waals surface area contributed by atoms with E-state index in [4.69, 9.17) is 32.8 Å². The van der Waals surface area contributed by atoms with Crippen LogP contribution < -0.4 is 28.4 Å². The van der Waals surface area contributed by atoms with E-state index in [1.807, 2.05) is 60.7 Å². The van der Waals surface area contributed by atoms with Crippen LogP contribution >= 0.6 is 11.3 Å². The first-order valence-electron chi connectivity index (χ1n) is 12.6. The molecule has 10 nitrogen and oxygen atoms in total. The molecule has 3 aromatic carbocycles. The van der Waals surface area contributed by atoms with E-state index < -0.39 is 0 Å². The first-order chi connectivity index (χ1) is 20.1. The zero-order valence-electron chi connectivity index (χ0n) is 22.9. The molecule has 3 aromatic heterocycles. The summed E-state index contributed by atoms with van der Waals surface area (Å²) in [6.07, 6.45) is 1.80. The van der Waals surface area contributed by atoms with E-state index in [-0.39, 0.29) is 0 Å². The fourth-order valence-electron chi connectivity index (χ4n) is 4.35. The first kappa shape index (κ1) is 26.3. The lowest BCUT2D eigenvalue weighted by atomic mass is 10.2. The molecule has 6 aromatic rings. The minimum Gasteiger partial charge on any atom is -0.496 e. The number of benzene rings is 3. The van der Waals surface area contributed by atoms with Crippen molar-refractivity contribution in [3.63, 3.8) is 0 Å². The zero-order chi connectivity index (χ0) is 28.3. The molecule has 210 valence electrons. The molecular formula is C30H27N3O7S. The highest BCUT2D eigenvalue weighted by atomic mass is 32.1. The monoisotopic (exact) mass is 573 g/mol. The van der Waals surface area contributed by atoms with E-state index in [1.165, 1.54) is 11.3 Å². The summed E-state index contributed by atoms with van der Waals surface area (Å²) in [5.41, 5.74) is 3.20. The summed E-state index contributed by atoms with van der Waals surface area (Å²) in [6, 6.07) is 19.1.